The molecule has 8 heteroatoms. The Balaban J connectivity index is 1.24. The maximum absolute atomic E-state index is 9.66. The lowest BCUT2D eigenvalue weighted by Crippen LogP contribution is -2.72. The number of hydrogen-bond acceptors (Lipinski definition) is 7. The molecule has 2 N–H and O–H groups in total. The van der Waals surface area contributed by atoms with Crippen molar-refractivity contribution in [3.63, 3.8) is 0 Å². The summed E-state index contributed by atoms with van der Waals surface area (Å²) in [5.74, 6) is 1.27. The van der Waals surface area contributed by atoms with Crippen LogP contribution in [0, 0.1) is 17.2 Å². The number of hydrogen-bond donors (Lipinski definition) is 2. The summed E-state index contributed by atoms with van der Waals surface area (Å²) in [5.41, 5.74) is 4.20. The zero-order valence-corrected chi connectivity index (χ0v) is 18.7. The molecule has 166 valence electrons. The number of aromatic nitrogens is 3. The van der Waals surface area contributed by atoms with E-state index in [2.05, 4.69) is 62.5 Å². The average Bonchev–Trinajstić information content (AvgIpc) is 3.33. The van der Waals surface area contributed by atoms with Crippen molar-refractivity contribution in [1.82, 2.24) is 30.3 Å². The fraction of sp³-hybridized carbons (Fsp3) is 0.542. The first kappa shape index (κ1) is 19.8. The fourth-order valence-electron chi connectivity index (χ4n) is 6.62. The van der Waals surface area contributed by atoms with Crippen LogP contribution in [-0.4, -0.2) is 68.8 Å². The number of pyridine rings is 1. The summed E-state index contributed by atoms with van der Waals surface area (Å²) in [6.07, 6.45) is 7.00. The summed E-state index contributed by atoms with van der Waals surface area (Å²) in [4.78, 5) is 9.70. The van der Waals surface area contributed by atoms with E-state index in [0.29, 0.717) is 35.5 Å². The van der Waals surface area contributed by atoms with Gasteiger partial charge in [0.25, 0.3) is 0 Å². The smallest absolute Gasteiger partial charge is 0.212 e. The third-order valence-corrected chi connectivity index (χ3v) is 8.60. The number of rotatable bonds is 5. The Kier molecular flexibility index (Phi) is 4.36. The first-order valence-electron chi connectivity index (χ1n) is 11.4. The van der Waals surface area contributed by atoms with Crippen molar-refractivity contribution in [2.75, 3.05) is 20.2 Å². The third-order valence-electron chi connectivity index (χ3n) is 8.60. The van der Waals surface area contributed by atoms with Crippen LogP contribution < -0.4 is 10.1 Å². The number of nitrogens with one attached hydrogen (secondary N) is 2. The standard InChI is InChI=1S/C24H29N7O/c1-14-22-19(10-27-22)21(23-16(7-25)9-28-29-23)24(14,2)30-12-17-6-18(13-30)31(17)11-15-4-5-20(32-3)26-8-15/h4-5,8-10,14,17-18,21-22,27H,6,11-13H2,1-3H3,(H,28,29)/t14-,17?,18?,21?,22?,24?/m1/s1. The lowest BCUT2D eigenvalue weighted by Gasteiger charge is -2.61. The van der Waals surface area contributed by atoms with E-state index in [4.69, 9.17) is 4.74 Å². The summed E-state index contributed by atoms with van der Waals surface area (Å²) < 4.78 is 5.19. The monoisotopic (exact) mass is 431 g/mol. The van der Waals surface area contributed by atoms with Crippen LogP contribution in [-0.2, 0) is 6.54 Å². The molecule has 4 aliphatic heterocycles. The minimum Gasteiger partial charge on any atom is -0.481 e. The molecule has 0 amide bonds. The zero-order chi connectivity index (χ0) is 22.0. The maximum atomic E-state index is 9.66. The minimum atomic E-state index is -0.0667. The van der Waals surface area contributed by atoms with E-state index in [9.17, 15) is 5.26 Å². The molecule has 5 aliphatic rings. The number of piperidine rings is 1. The van der Waals surface area contributed by atoms with Gasteiger partial charge < -0.3 is 10.1 Å². The minimum absolute atomic E-state index is 0.0667. The van der Waals surface area contributed by atoms with Gasteiger partial charge >= 0.3 is 0 Å². The first-order valence-corrected chi connectivity index (χ1v) is 11.4. The Bertz CT molecular complexity index is 1090. The molecule has 3 saturated heterocycles. The Morgan fingerprint density at radius 1 is 1.28 bits per heavy atom. The summed E-state index contributed by atoms with van der Waals surface area (Å²) in [7, 11) is 1.65. The highest BCUT2D eigenvalue weighted by Crippen LogP contribution is 2.56. The van der Waals surface area contributed by atoms with Crippen molar-refractivity contribution < 1.29 is 4.74 Å². The van der Waals surface area contributed by atoms with E-state index in [-0.39, 0.29) is 11.5 Å². The van der Waals surface area contributed by atoms with Crippen LogP contribution in [0.15, 0.2) is 36.3 Å². The van der Waals surface area contributed by atoms with Crippen LogP contribution in [0.3, 0.4) is 0 Å². The molecule has 32 heavy (non-hydrogen) atoms. The second-order valence-electron chi connectivity index (χ2n) is 9.87. The second-order valence-corrected chi connectivity index (χ2v) is 9.87. The van der Waals surface area contributed by atoms with Crippen molar-refractivity contribution in [3.8, 4) is 11.9 Å². The van der Waals surface area contributed by atoms with Crippen molar-refractivity contribution >= 4 is 0 Å². The van der Waals surface area contributed by atoms with E-state index in [1.807, 2.05) is 12.3 Å². The van der Waals surface area contributed by atoms with E-state index >= 15 is 0 Å². The number of nitriles is 1. The molecule has 2 bridgehead atoms. The van der Waals surface area contributed by atoms with Crippen LogP contribution in [0.4, 0.5) is 0 Å². The lowest BCUT2D eigenvalue weighted by atomic mass is 9.74. The topological polar surface area (TPSA) is 93.1 Å². The van der Waals surface area contributed by atoms with Crippen LogP contribution in [0.25, 0.3) is 0 Å². The molecule has 2 aromatic rings. The number of ether oxygens (including phenoxy) is 1. The van der Waals surface area contributed by atoms with Gasteiger partial charge in [-0.2, -0.15) is 10.4 Å². The Morgan fingerprint density at radius 3 is 2.72 bits per heavy atom. The summed E-state index contributed by atoms with van der Waals surface area (Å²) in [6, 6.07) is 7.88. The molecule has 6 atom stereocenters. The third kappa shape index (κ3) is 2.61. The van der Waals surface area contributed by atoms with Gasteiger partial charge in [0.15, 0.2) is 0 Å². The maximum Gasteiger partial charge on any atom is 0.212 e. The highest BCUT2D eigenvalue weighted by atomic mass is 16.5. The lowest BCUT2D eigenvalue weighted by molar-refractivity contribution is -0.116. The number of aromatic amines is 1. The highest BCUT2D eigenvalue weighted by molar-refractivity contribution is 5.49. The van der Waals surface area contributed by atoms with Gasteiger partial charge in [-0.05, 0) is 36.6 Å². The highest BCUT2D eigenvalue weighted by Gasteiger charge is 2.62. The molecule has 5 unspecified atom stereocenters. The van der Waals surface area contributed by atoms with Gasteiger partial charge in [0.05, 0.1) is 30.6 Å². The largest absolute Gasteiger partial charge is 0.481 e. The van der Waals surface area contributed by atoms with Gasteiger partial charge in [0.2, 0.25) is 5.88 Å². The van der Waals surface area contributed by atoms with Gasteiger partial charge in [-0.15, -0.1) is 0 Å². The van der Waals surface area contributed by atoms with Crippen molar-refractivity contribution in [2.24, 2.45) is 5.92 Å². The summed E-state index contributed by atoms with van der Waals surface area (Å²) in [5, 5.41) is 20.6. The first-order chi connectivity index (χ1) is 15.5. The van der Waals surface area contributed by atoms with Gasteiger partial charge in [0.1, 0.15) is 6.07 Å². The van der Waals surface area contributed by atoms with Crippen LogP contribution in [0.5, 0.6) is 5.88 Å². The molecule has 2 aromatic heterocycles. The molecule has 1 aliphatic carbocycles. The number of H-pyrrole nitrogens is 1. The van der Waals surface area contributed by atoms with Crippen LogP contribution >= 0.6 is 0 Å². The van der Waals surface area contributed by atoms with E-state index in [0.717, 1.165) is 25.3 Å². The van der Waals surface area contributed by atoms with Crippen molar-refractivity contribution in [2.45, 2.75) is 56.4 Å². The van der Waals surface area contributed by atoms with Gasteiger partial charge in [0, 0.05) is 55.4 Å². The van der Waals surface area contributed by atoms with E-state index in [1.165, 1.54) is 17.6 Å². The Labute approximate surface area is 188 Å². The normalized spacial score (nSPS) is 35.7. The molecular weight excluding hydrogens is 402 g/mol. The van der Waals surface area contributed by atoms with Crippen molar-refractivity contribution in [3.05, 3.63) is 53.1 Å². The van der Waals surface area contributed by atoms with Crippen molar-refractivity contribution in [1.29, 1.82) is 5.26 Å². The summed E-state index contributed by atoms with van der Waals surface area (Å²) in [6.45, 7) is 7.78. The number of methoxy groups -OCH3 is 1. The number of nitrogens with zero attached hydrogens (tertiary/aromatic N) is 5. The second kappa shape index (κ2) is 7.06. The molecule has 4 fully saturated rings. The van der Waals surface area contributed by atoms with Crippen LogP contribution in [0.2, 0.25) is 0 Å². The Morgan fingerprint density at radius 2 is 2.09 bits per heavy atom. The number of piperazine rings is 1. The predicted molar refractivity (Wildman–Crippen MR) is 119 cm³/mol. The van der Waals surface area contributed by atoms with Gasteiger partial charge in [-0.1, -0.05) is 13.0 Å². The average molecular weight is 432 g/mol. The number of fused-ring (bicyclic) bond motifs is 3. The molecule has 0 spiro atoms. The molecule has 7 rings (SSSR count). The van der Waals surface area contributed by atoms with Gasteiger partial charge in [-0.3, -0.25) is 14.9 Å². The molecule has 6 heterocycles. The van der Waals surface area contributed by atoms with Gasteiger partial charge in [-0.25, -0.2) is 4.98 Å². The summed E-state index contributed by atoms with van der Waals surface area (Å²) >= 11 is 0. The molecule has 8 nitrogen and oxygen atoms in total. The molecule has 0 radical (unpaired) electrons. The Hall–Kier alpha value is -2.89. The van der Waals surface area contributed by atoms with E-state index < -0.39 is 0 Å². The zero-order valence-electron chi connectivity index (χ0n) is 18.7. The van der Waals surface area contributed by atoms with Crippen LogP contribution in [0.1, 0.15) is 43.0 Å². The predicted octanol–water partition coefficient (Wildman–Crippen LogP) is 1.99. The molecule has 1 saturated carbocycles. The SMILES string of the molecule is COc1ccc(CN2C3CC2CN(C2(C)C(c4[nH]ncc4C#N)C4=CNC4[C@H]2C)C3)cn1. The molecular formula is C24H29N7O. The van der Waals surface area contributed by atoms with E-state index in [1.54, 1.807) is 13.3 Å². The fourth-order valence-corrected chi connectivity index (χ4v) is 6.62. The molecule has 0 aromatic carbocycles. The quantitative estimate of drug-likeness (QED) is 0.748.